The van der Waals surface area contributed by atoms with Crippen molar-refractivity contribution in [2.24, 2.45) is 0 Å². The minimum absolute atomic E-state index is 0.00723. The third-order valence-electron chi connectivity index (χ3n) is 3.62. The Kier molecular flexibility index (Phi) is 5.36. The van der Waals surface area contributed by atoms with Crippen LogP contribution in [0.5, 0.6) is 0 Å². The van der Waals surface area contributed by atoms with Crippen molar-refractivity contribution in [1.82, 2.24) is 10.4 Å². The van der Waals surface area contributed by atoms with E-state index in [2.05, 4.69) is 5.43 Å². The Morgan fingerprint density at radius 3 is 2.38 bits per heavy atom. The van der Waals surface area contributed by atoms with Crippen LogP contribution in [0.2, 0.25) is 0 Å². The molecule has 0 saturated carbocycles. The summed E-state index contributed by atoms with van der Waals surface area (Å²) >= 11 is 0. The Balaban J connectivity index is 1.86. The van der Waals surface area contributed by atoms with Gasteiger partial charge in [0.15, 0.2) is 9.84 Å². The Morgan fingerprint density at radius 2 is 1.76 bits per heavy atom. The fourth-order valence-electron chi connectivity index (χ4n) is 2.33. The number of nitrogens with one attached hydrogen (secondary N) is 1. The van der Waals surface area contributed by atoms with Gasteiger partial charge < -0.3 is 0 Å². The highest BCUT2D eigenvalue weighted by atomic mass is 32.2. The van der Waals surface area contributed by atoms with Crippen LogP contribution in [0.15, 0.2) is 29.2 Å². The molecular weight excluding hydrogens is 288 g/mol. The molecule has 1 heterocycles. The number of sulfone groups is 1. The molecule has 0 unspecified atom stereocenters. The molecule has 1 aliphatic rings. The third kappa shape index (κ3) is 4.82. The largest absolute Gasteiger partial charge is 0.289 e. The second-order valence-corrected chi connectivity index (χ2v) is 7.57. The van der Waals surface area contributed by atoms with E-state index in [0.717, 1.165) is 31.5 Å². The summed E-state index contributed by atoms with van der Waals surface area (Å²) in [5.74, 6) is -0.386. The molecule has 1 aromatic rings. The molecular formula is C15H22N2O3S. The summed E-state index contributed by atoms with van der Waals surface area (Å²) < 4.78 is 24.3. The summed E-state index contributed by atoms with van der Waals surface area (Å²) in [6.07, 6.45) is 3.32. The van der Waals surface area contributed by atoms with Gasteiger partial charge in [0.1, 0.15) is 0 Å². The average molecular weight is 310 g/mol. The molecule has 0 bridgehead atoms. The van der Waals surface area contributed by atoms with Gasteiger partial charge in [-0.1, -0.05) is 24.1 Å². The molecule has 5 nitrogen and oxygen atoms in total. The van der Waals surface area contributed by atoms with Crippen LogP contribution in [-0.2, 0) is 14.6 Å². The van der Waals surface area contributed by atoms with Gasteiger partial charge in [-0.2, -0.15) is 0 Å². The van der Waals surface area contributed by atoms with E-state index in [9.17, 15) is 13.2 Å². The van der Waals surface area contributed by atoms with Gasteiger partial charge in [0.05, 0.1) is 10.6 Å². The van der Waals surface area contributed by atoms with E-state index >= 15 is 0 Å². The molecule has 0 atom stereocenters. The van der Waals surface area contributed by atoms with E-state index in [1.54, 1.807) is 24.3 Å². The van der Waals surface area contributed by atoms with E-state index in [-0.39, 0.29) is 23.0 Å². The molecule has 1 N–H and O–H groups in total. The van der Waals surface area contributed by atoms with Crippen LogP contribution in [0.1, 0.15) is 31.2 Å². The number of hydrazine groups is 1. The van der Waals surface area contributed by atoms with Crippen LogP contribution in [0.3, 0.4) is 0 Å². The number of carbonyl (C=O) groups is 1. The Morgan fingerprint density at radius 1 is 1.14 bits per heavy atom. The lowest BCUT2D eigenvalue weighted by Crippen LogP contribution is -2.45. The summed E-state index contributed by atoms with van der Waals surface area (Å²) in [5, 5.41) is 1.88. The van der Waals surface area contributed by atoms with Crippen molar-refractivity contribution in [2.75, 3.05) is 18.8 Å². The molecule has 1 amide bonds. The summed E-state index contributed by atoms with van der Waals surface area (Å²) in [4.78, 5) is 12.1. The highest BCUT2D eigenvalue weighted by Crippen LogP contribution is 2.13. The monoisotopic (exact) mass is 310 g/mol. The SMILES string of the molecule is Cc1ccc(S(=O)(=O)CCC(=O)NN2CCCCC2)cc1. The lowest BCUT2D eigenvalue weighted by atomic mass is 10.2. The molecule has 2 rings (SSSR count). The first-order valence-electron chi connectivity index (χ1n) is 7.31. The molecule has 1 fully saturated rings. The zero-order valence-electron chi connectivity index (χ0n) is 12.3. The standard InChI is InChI=1S/C15H22N2O3S/c1-13-5-7-14(8-6-13)21(19,20)12-9-15(18)16-17-10-3-2-4-11-17/h5-8H,2-4,9-12H2,1H3,(H,16,18). The molecule has 21 heavy (non-hydrogen) atoms. The van der Waals surface area contributed by atoms with Crippen LogP contribution in [-0.4, -0.2) is 38.2 Å². The van der Waals surface area contributed by atoms with Gasteiger partial charge in [-0.05, 0) is 31.9 Å². The second-order valence-electron chi connectivity index (χ2n) is 5.46. The van der Waals surface area contributed by atoms with Gasteiger partial charge in [-0.3, -0.25) is 10.2 Å². The minimum Gasteiger partial charge on any atom is -0.289 e. The van der Waals surface area contributed by atoms with Gasteiger partial charge in [-0.15, -0.1) is 0 Å². The summed E-state index contributed by atoms with van der Waals surface area (Å²) in [6.45, 7) is 3.59. The number of hydrogen-bond donors (Lipinski definition) is 1. The van der Waals surface area contributed by atoms with E-state index < -0.39 is 9.84 Å². The molecule has 0 aromatic heterocycles. The van der Waals surface area contributed by atoms with Crippen molar-refractivity contribution in [3.05, 3.63) is 29.8 Å². The quantitative estimate of drug-likeness (QED) is 0.898. The number of nitrogens with zero attached hydrogens (tertiary/aromatic N) is 1. The molecule has 6 heteroatoms. The van der Waals surface area contributed by atoms with Crippen LogP contribution in [0.4, 0.5) is 0 Å². The molecule has 0 radical (unpaired) electrons. The lowest BCUT2D eigenvalue weighted by Gasteiger charge is -2.26. The third-order valence-corrected chi connectivity index (χ3v) is 5.35. The van der Waals surface area contributed by atoms with E-state index in [1.165, 1.54) is 6.42 Å². The zero-order chi connectivity index (χ0) is 15.3. The first-order valence-corrected chi connectivity index (χ1v) is 8.96. The van der Waals surface area contributed by atoms with E-state index in [0.29, 0.717) is 0 Å². The van der Waals surface area contributed by atoms with Gasteiger partial charge in [0.25, 0.3) is 0 Å². The number of piperidine rings is 1. The molecule has 116 valence electrons. The Hall–Kier alpha value is -1.40. The zero-order valence-corrected chi connectivity index (χ0v) is 13.2. The van der Waals surface area contributed by atoms with Crippen LogP contribution < -0.4 is 5.43 Å². The number of hydrogen-bond acceptors (Lipinski definition) is 4. The molecule has 1 saturated heterocycles. The first kappa shape index (κ1) is 16.0. The lowest BCUT2D eigenvalue weighted by molar-refractivity contribution is -0.125. The number of carbonyl (C=O) groups excluding carboxylic acids is 1. The highest BCUT2D eigenvalue weighted by Gasteiger charge is 2.18. The predicted molar refractivity (Wildman–Crippen MR) is 81.4 cm³/mol. The minimum atomic E-state index is -3.39. The molecule has 0 spiro atoms. The van der Waals surface area contributed by atoms with Crippen LogP contribution in [0, 0.1) is 6.92 Å². The van der Waals surface area contributed by atoms with Crippen molar-refractivity contribution >= 4 is 15.7 Å². The smallest absolute Gasteiger partial charge is 0.235 e. The maximum absolute atomic E-state index is 12.1. The number of amides is 1. The molecule has 1 aromatic carbocycles. The van der Waals surface area contributed by atoms with E-state index in [4.69, 9.17) is 0 Å². The number of benzene rings is 1. The Labute approximate surface area is 126 Å². The number of rotatable bonds is 5. The topological polar surface area (TPSA) is 66.5 Å². The van der Waals surface area contributed by atoms with Crippen molar-refractivity contribution in [1.29, 1.82) is 0 Å². The summed E-state index contributed by atoms with van der Waals surface area (Å²) in [6, 6.07) is 6.71. The molecule has 0 aliphatic carbocycles. The number of aryl methyl sites for hydroxylation is 1. The molecule has 1 aliphatic heterocycles. The van der Waals surface area contributed by atoms with Gasteiger partial charge >= 0.3 is 0 Å². The van der Waals surface area contributed by atoms with Gasteiger partial charge in [0.2, 0.25) is 5.91 Å². The Bertz CT molecular complexity index is 575. The maximum Gasteiger partial charge on any atom is 0.235 e. The van der Waals surface area contributed by atoms with Crippen LogP contribution >= 0.6 is 0 Å². The average Bonchev–Trinajstić information content (AvgIpc) is 2.47. The van der Waals surface area contributed by atoms with Gasteiger partial charge in [0, 0.05) is 19.5 Å². The summed E-state index contributed by atoms with van der Waals surface area (Å²) in [5.41, 5.74) is 3.79. The van der Waals surface area contributed by atoms with Crippen molar-refractivity contribution in [2.45, 2.75) is 37.5 Å². The van der Waals surface area contributed by atoms with Gasteiger partial charge in [-0.25, -0.2) is 13.4 Å². The predicted octanol–water partition coefficient (Wildman–Crippen LogP) is 1.68. The van der Waals surface area contributed by atoms with Crippen molar-refractivity contribution in [3.63, 3.8) is 0 Å². The summed E-state index contributed by atoms with van der Waals surface area (Å²) in [7, 11) is -3.39. The first-order chi connectivity index (χ1) is 9.97. The van der Waals surface area contributed by atoms with Crippen molar-refractivity contribution < 1.29 is 13.2 Å². The van der Waals surface area contributed by atoms with E-state index in [1.807, 2.05) is 11.9 Å². The fraction of sp³-hybridized carbons (Fsp3) is 0.533. The van der Waals surface area contributed by atoms with Crippen molar-refractivity contribution in [3.8, 4) is 0 Å². The second kappa shape index (κ2) is 7.04. The fourth-order valence-corrected chi connectivity index (χ4v) is 3.57. The maximum atomic E-state index is 12.1. The van der Waals surface area contributed by atoms with Crippen LogP contribution in [0.25, 0.3) is 0 Å². The highest BCUT2D eigenvalue weighted by molar-refractivity contribution is 7.91. The normalized spacial score (nSPS) is 16.6.